The topological polar surface area (TPSA) is 14.8 Å². The standard InChI is InChI=1S/C54H35N3/c1-2-13-36(14-3-1)37-25-27-38(28-26-37)39-29-31-40(32-30-39)55-47-19-8-4-17-44(47)45-34-33-41(35-53(45)55)56-50-22-11-7-18-46(50)54-51(56)23-12-24-52(54)57-48-20-9-5-15-42(48)43-16-6-10-21-49(43)57/h1-35H/i1D,2D,3D,4D,5D,6D,7D,8D,9D,10D,11D,12D,13D,14D,15D,16D,17D,18D,19D,20D,21D,22D,23D,24D,25D,26D,27D,28D,29D,30D,31D,32D,33D,34D,35D. The van der Waals surface area contributed by atoms with Crippen molar-refractivity contribution >= 4 is 65.4 Å². The maximum atomic E-state index is 10.3. The van der Waals surface area contributed by atoms with E-state index in [0.717, 1.165) is 4.57 Å². The second-order valence-corrected chi connectivity index (χ2v) is 12.3. The van der Waals surface area contributed by atoms with Crippen LogP contribution in [0.1, 0.15) is 48.0 Å². The summed E-state index contributed by atoms with van der Waals surface area (Å²) in [6, 6.07) is -35.2. The summed E-state index contributed by atoms with van der Waals surface area (Å²) < 4.78 is 321. The zero-order valence-corrected chi connectivity index (χ0v) is 28.3. The number of aromatic nitrogens is 3. The summed E-state index contributed by atoms with van der Waals surface area (Å²) in [4.78, 5) is 0. The monoisotopic (exact) mass is 761 g/mol. The van der Waals surface area contributed by atoms with Crippen LogP contribution in [0.25, 0.3) is 105 Å². The Morgan fingerprint density at radius 1 is 0.263 bits per heavy atom. The Kier molecular flexibility index (Phi) is 2.78. The maximum Gasteiger partial charge on any atom is 0.0667 e. The Morgan fingerprint density at radius 2 is 0.667 bits per heavy atom. The maximum absolute atomic E-state index is 10.3. The molecule has 0 aliphatic rings. The number of nitrogens with zero attached hydrogens (tertiary/aromatic N) is 3. The summed E-state index contributed by atoms with van der Waals surface area (Å²) in [7, 11) is 0. The average molecular weight is 761 g/mol. The molecule has 0 aliphatic heterocycles. The predicted molar refractivity (Wildman–Crippen MR) is 240 cm³/mol. The van der Waals surface area contributed by atoms with Crippen LogP contribution < -0.4 is 0 Å². The van der Waals surface area contributed by atoms with Crippen molar-refractivity contribution in [3.8, 4) is 39.3 Å². The minimum Gasteiger partial charge on any atom is -0.309 e. The highest BCUT2D eigenvalue weighted by molar-refractivity contribution is 6.17. The van der Waals surface area contributed by atoms with Gasteiger partial charge in [0.05, 0.1) is 86.8 Å². The molecule has 0 saturated carbocycles. The molecular formula is C54H35N3. The third kappa shape index (κ3) is 4.79. The Labute approximate surface area is 378 Å². The number of benzene rings is 9. The zero-order chi connectivity index (χ0) is 67.9. The van der Waals surface area contributed by atoms with Crippen molar-refractivity contribution in [3.63, 3.8) is 0 Å². The lowest BCUT2D eigenvalue weighted by Crippen LogP contribution is -1.98. The van der Waals surface area contributed by atoms with Gasteiger partial charge in [-0.25, -0.2) is 0 Å². The number of fused-ring (bicyclic) bond motifs is 9. The minimum absolute atomic E-state index is 0.541. The molecule has 0 radical (unpaired) electrons. The summed E-state index contributed by atoms with van der Waals surface area (Å²) in [6.45, 7) is 0. The van der Waals surface area contributed by atoms with Gasteiger partial charge in [-0.1, -0.05) is 151 Å². The third-order valence-corrected chi connectivity index (χ3v) is 9.29. The van der Waals surface area contributed by atoms with E-state index < -0.39 is 316 Å². The van der Waals surface area contributed by atoms with Gasteiger partial charge in [-0.05, 0) is 82.7 Å². The molecule has 3 aromatic heterocycles. The molecule has 0 fully saturated rings. The zero-order valence-electron chi connectivity index (χ0n) is 63.3. The number of rotatable bonds is 5. The van der Waals surface area contributed by atoms with Crippen molar-refractivity contribution in [1.82, 2.24) is 13.7 Å². The van der Waals surface area contributed by atoms with E-state index in [0.29, 0.717) is 9.13 Å². The molecule has 0 unspecified atom stereocenters. The van der Waals surface area contributed by atoms with Gasteiger partial charge in [0.1, 0.15) is 0 Å². The van der Waals surface area contributed by atoms with Gasteiger partial charge in [0.15, 0.2) is 0 Å². The molecule has 0 bridgehead atoms. The molecule has 266 valence electrons. The molecule has 3 heterocycles. The molecule has 3 nitrogen and oxygen atoms in total. The predicted octanol–water partition coefficient (Wildman–Crippen LogP) is 14.3. The van der Waals surface area contributed by atoms with Gasteiger partial charge >= 0.3 is 0 Å². The van der Waals surface area contributed by atoms with Crippen LogP contribution in [-0.2, 0) is 0 Å². The van der Waals surface area contributed by atoms with Crippen LogP contribution in [0.5, 0.6) is 0 Å². The molecule has 12 aromatic rings. The first-order valence-electron chi connectivity index (χ1n) is 34.3. The van der Waals surface area contributed by atoms with E-state index in [9.17, 15) is 21.9 Å². The fourth-order valence-electron chi connectivity index (χ4n) is 6.91. The van der Waals surface area contributed by atoms with Crippen LogP contribution in [0.3, 0.4) is 0 Å². The first kappa shape index (κ1) is 12.7. The van der Waals surface area contributed by atoms with Crippen LogP contribution in [0.4, 0.5) is 0 Å². The summed E-state index contributed by atoms with van der Waals surface area (Å²) in [5.41, 5.74) is -10.7. The van der Waals surface area contributed by atoms with E-state index in [1.807, 2.05) is 0 Å². The van der Waals surface area contributed by atoms with Crippen LogP contribution in [0.2, 0.25) is 0 Å². The highest BCUT2D eigenvalue weighted by atomic mass is 15.0. The Balaban J connectivity index is 1.28. The van der Waals surface area contributed by atoms with Gasteiger partial charge in [-0.15, -0.1) is 0 Å². The Hall–Kier alpha value is -7.62. The van der Waals surface area contributed by atoms with E-state index >= 15 is 0 Å². The lowest BCUT2D eigenvalue weighted by atomic mass is 10.0. The molecule has 0 N–H and O–H groups in total. The largest absolute Gasteiger partial charge is 0.309 e. The second-order valence-electron chi connectivity index (χ2n) is 12.3. The van der Waals surface area contributed by atoms with E-state index in [2.05, 4.69) is 0 Å². The van der Waals surface area contributed by atoms with Gasteiger partial charge in [0.2, 0.25) is 0 Å². The summed E-state index contributed by atoms with van der Waals surface area (Å²) in [6.07, 6.45) is 0. The molecule has 12 rings (SSSR count). The smallest absolute Gasteiger partial charge is 0.0667 e. The van der Waals surface area contributed by atoms with Gasteiger partial charge in [-0.2, -0.15) is 0 Å². The molecule has 0 atom stereocenters. The molecule has 9 aromatic carbocycles. The van der Waals surface area contributed by atoms with Crippen molar-refractivity contribution in [2.75, 3.05) is 0 Å². The summed E-state index contributed by atoms with van der Waals surface area (Å²) in [5.74, 6) is 0. The third-order valence-electron chi connectivity index (χ3n) is 9.29. The van der Waals surface area contributed by atoms with E-state index in [4.69, 9.17) is 26.0 Å². The van der Waals surface area contributed by atoms with Crippen LogP contribution in [0, 0.1) is 0 Å². The second kappa shape index (κ2) is 12.5. The summed E-state index contributed by atoms with van der Waals surface area (Å²) in [5, 5.41) is -3.88. The quantitative estimate of drug-likeness (QED) is 0.166. The fourth-order valence-corrected chi connectivity index (χ4v) is 6.91. The minimum atomic E-state index is -1.20. The molecule has 0 aliphatic carbocycles. The molecule has 57 heavy (non-hydrogen) atoms. The normalized spacial score (nSPS) is 20.5. The van der Waals surface area contributed by atoms with E-state index in [-0.39, 0.29) is 0 Å². The SMILES string of the molecule is [2H]c1c([2H])c([2H])c(-c2c([2H])c([2H])c(-c3c([2H])c([2H])c(-n4c5c([2H])c([2H])c([2H])c([2H])c5c5c([2H])c([2H])c(-n6c7c([2H])c([2H])c([2H])c([2H])c7c7c(-n8c9c([2H])c([2H])c([2H])c([2H])c9c9c([2H])c([2H])c([2H])c([2H])c98)c([2H])c([2H])c([2H])c76)c([2H])c54)c([2H])c3[2H])c([2H])c2[2H])c([2H])c1[2H]. The first-order chi connectivity index (χ1) is 42.9. The number of hydrogen-bond donors (Lipinski definition) is 0. The van der Waals surface area contributed by atoms with Gasteiger partial charge in [-0.3, -0.25) is 0 Å². The van der Waals surface area contributed by atoms with Gasteiger partial charge in [0, 0.05) is 43.7 Å². The van der Waals surface area contributed by atoms with E-state index in [1.165, 1.54) is 0 Å². The Bertz CT molecular complexity index is 5420. The van der Waals surface area contributed by atoms with E-state index in [1.54, 1.807) is 0 Å². The van der Waals surface area contributed by atoms with Crippen molar-refractivity contribution < 1.29 is 48.0 Å². The van der Waals surface area contributed by atoms with Gasteiger partial charge in [0.25, 0.3) is 0 Å². The lowest BCUT2D eigenvalue weighted by Gasteiger charge is -2.13. The van der Waals surface area contributed by atoms with Crippen LogP contribution in [0.15, 0.2) is 211 Å². The number of para-hydroxylation sites is 4. The van der Waals surface area contributed by atoms with Crippen molar-refractivity contribution in [3.05, 3.63) is 211 Å². The Morgan fingerprint density at radius 3 is 1.26 bits per heavy atom. The van der Waals surface area contributed by atoms with Crippen molar-refractivity contribution in [2.45, 2.75) is 0 Å². The highest BCUT2D eigenvalue weighted by Gasteiger charge is 2.20. The van der Waals surface area contributed by atoms with Crippen LogP contribution in [-0.4, -0.2) is 13.7 Å². The molecular weight excluding hydrogens is 691 g/mol. The number of hydrogen-bond acceptors (Lipinski definition) is 0. The van der Waals surface area contributed by atoms with Gasteiger partial charge < -0.3 is 13.7 Å². The van der Waals surface area contributed by atoms with Crippen LogP contribution >= 0.6 is 0 Å². The fraction of sp³-hybridized carbons (Fsp3) is 0. The molecule has 0 saturated heterocycles. The average Bonchev–Trinajstić information content (AvgIpc) is 1.52. The first-order valence-corrected chi connectivity index (χ1v) is 16.8. The van der Waals surface area contributed by atoms with Crippen molar-refractivity contribution in [1.29, 1.82) is 0 Å². The molecule has 3 heteroatoms. The highest BCUT2D eigenvalue weighted by Crippen LogP contribution is 2.41. The summed E-state index contributed by atoms with van der Waals surface area (Å²) >= 11 is 0. The molecule has 0 amide bonds. The molecule has 0 spiro atoms. The van der Waals surface area contributed by atoms with Crippen molar-refractivity contribution in [2.24, 2.45) is 0 Å². The lowest BCUT2D eigenvalue weighted by molar-refractivity contribution is 1.15.